The molecule has 0 unspecified atom stereocenters. The van der Waals surface area contributed by atoms with E-state index in [0.29, 0.717) is 29.4 Å². The molecule has 9 heteroatoms. The first kappa shape index (κ1) is 17.3. The minimum Gasteiger partial charge on any atom is -0.493 e. The van der Waals surface area contributed by atoms with Crippen LogP contribution < -0.4 is 25.2 Å². The van der Waals surface area contributed by atoms with Crippen LogP contribution in [0.4, 0.5) is 5.95 Å². The molecule has 0 saturated heterocycles. The fourth-order valence-electron chi connectivity index (χ4n) is 1.85. The largest absolute Gasteiger partial charge is 0.493 e. The van der Waals surface area contributed by atoms with Gasteiger partial charge in [0, 0.05) is 5.56 Å². The molecule has 0 aliphatic carbocycles. The Labute approximate surface area is 138 Å². The zero-order valence-corrected chi connectivity index (χ0v) is 13.7. The van der Waals surface area contributed by atoms with Crippen molar-refractivity contribution in [2.24, 2.45) is 5.10 Å². The molecule has 1 aromatic heterocycles. The number of H-pyrrole nitrogens is 1. The van der Waals surface area contributed by atoms with Gasteiger partial charge in [-0.15, -0.1) is 10.2 Å². The van der Waals surface area contributed by atoms with Crippen molar-refractivity contribution in [1.29, 1.82) is 0 Å². The molecule has 2 rings (SSSR count). The van der Waals surface area contributed by atoms with Crippen LogP contribution in [-0.2, 0) is 0 Å². The molecule has 1 heterocycles. The first-order chi connectivity index (χ1) is 11.7. The number of anilines is 1. The Morgan fingerprint density at radius 1 is 1.29 bits per heavy atom. The van der Waals surface area contributed by atoms with Gasteiger partial charge in [-0.2, -0.15) is 5.10 Å². The number of aromatic nitrogens is 3. The van der Waals surface area contributed by atoms with Crippen LogP contribution in [0, 0.1) is 0 Å². The summed E-state index contributed by atoms with van der Waals surface area (Å²) < 4.78 is 16.4. The minimum absolute atomic E-state index is 0.139. The highest BCUT2D eigenvalue weighted by Gasteiger charge is 2.13. The van der Waals surface area contributed by atoms with E-state index in [1.165, 1.54) is 6.21 Å². The van der Waals surface area contributed by atoms with Crippen LogP contribution in [0.3, 0.4) is 0 Å². The highest BCUT2D eigenvalue weighted by atomic mass is 16.5. The Morgan fingerprint density at radius 2 is 2.00 bits per heavy atom. The van der Waals surface area contributed by atoms with Crippen molar-refractivity contribution >= 4 is 12.2 Å². The lowest BCUT2D eigenvalue weighted by molar-refractivity contribution is 0.275. The van der Waals surface area contributed by atoms with Gasteiger partial charge in [-0.3, -0.25) is 9.78 Å². The standard InChI is InChI=1S/C15H19N5O4/c1-4-5-24-14-11(22-2)6-10(7-12(14)23-3)8-16-19-15-18-13(21)9-17-20-15/h6-9H,4-5H2,1-3H3,(H2,18,19,20,21)/b16-8+. The summed E-state index contributed by atoms with van der Waals surface area (Å²) in [5, 5.41) is 11.2. The molecule has 0 amide bonds. The van der Waals surface area contributed by atoms with Crippen molar-refractivity contribution in [3.05, 3.63) is 34.2 Å². The first-order valence-corrected chi connectivity index (χ1v) is 7.27. The molecule has 0 radical (unpaired) electrons. The number of nitrogens with one attached hydrogen (secondary N) is 2. The van der Waals surface area contributed by atoms with Crippen molar-refractivity contribution in [3.63, 3.8) is 0 Å². The van der Waals surface area contributed by atoms with E-state index in [9.17, 15) is 4.79 Å². The van der Waals surface area contributed by atoms with Gasteiger partial charge in [0.2, 0.25) is 11.7 Å². The monoisotopic (exact) mass is 333 g/mol. The van der Waals surface area contributed by atoms with Gasteiger partial charge in [-0.05, 0) is 18.6 Å². The molecular formula is C15H19N5O4. The maximum atomic E-state index is 11.1. The van der Waals surface area contributed by atoms with Crippen LogP contribution in [0.5, 0.6) is 17.2 Å². The molecule has 128 valence electrons. The van der Waals surface area contributed by atoms with E-state index in [1.807, 2.05) is 6.92 Å². The Hall–Kier alpha value is -3.10. The highest BCUT2D eigenvalue weighted by molar-refractivity contribution is 5.82. The van der Waals surface area contributed by atoms with Gasteiger partial charge < -0.3 is 14.2 Å². The Balaban J connectivity index is 2.20. The fraction of sp³-hybridized carbons (Fsp3) is 0.333. The quantitative estimate of drug-likeness (QED) is 0.555. The fourth-order valence-corrected chi connectivity index (χ4v) is 1.85. The Bertz CT molecular complexity index is 735. The molecule has 0 saturated carbocycles. The van der Waals surface area contributed by atoms with Crippen LogP contribution >= 0.6 is 0 Å². The highest BCUT2D eigenvalue weighted by Crippen LogP contribution is 2.38. The summed E-state index contributed by atoms with van der Waals surface area (Å²) >= 11 is 0. The predicted octanol–water partition coefficient (Wildman–Crippen LogP) is 1.42. The number of hydrazone groups is 1. The number of nitrogens with zero attached hydrogens (tertiary/aromatic N) is 3. The Kier molecular flexibility index (Phi) is 6.12. The number of aromatic amines is 1. The first-order valence-electron chi connectivity index (χ1n) is 7.27. The maximum Gasteiger partial charge on any atom is 0.271 e. The molecule has 0 fully saturated rings. The van der Waals surface area contributed by atoms with Crippen molar-refractivity contribution in [2.45, 2.75) is 13.3 Å². The molecule has 2 N–H and O–H groups in total. The number of benzene rings is 1. The molecule has 0 spiro atoms. The van der Waals surface area contributed by atoms with E-state index in [0.717, 1.165) is 12.6 Å². The predicted molar refractivity (Wildman–Crippen MR) is 89.2 cm³/mol. The van der Waals surface area contributed by atoms with E-state index in [1.54, 1.807) is 26.4 Å². The third-order valence-corrected chi connectivity index (χ3v) is 2.89. The number of rotatable bonds is 8. The van der Waals surface area contributed by atoms with Gasteiger partial charge in [-0.1, -0.05) is 6.92 Å². The molecule has 0 aliphatic rings. The van der Waals surface area contributed by atoms with Crippen molar-refractivity contribution in [3.8, 4) is 17.2 Å². The van der Waals surface area contributed by atoms with Gasteiger partial charge in [-0.25, -0.2) is 5.43 Å². The number of methoxy groups -OCH3 is 2. The van der Waals surface area contributed by atoms with Gasteiger partial charge in [0.25, 0.3) is 5.56 Å². The topological polar surface area (TPSA) is 111 Å². The van der Waals surface area contributed by atoms with Crippen LogP contribution in [-0.4, -0.2) is 42.2 Å². The third-order valence-electron chi connectivity index (χ3n) is 2.89. The summed E-state index contributed by atoms with van der Waals surface area (Å²) in [6.45, 7) is 2.57. The van der Waals surface area contributed by atoms with E-state index >= 15 is 0 Å². The summed E-state index contributed by atoms with van der Waals surface area (Å²) in [5.74, 6) is 1.76. The molecule has 9 nitrogen and oxygen atoms in total. The van der Waals surface area contributed by atoms with Crippen LogP contribution in [0.1, 0.15) is 18.9 Å². The van der Waals surface area contributed by atoms with E-state index in [2.05, 4.69) is 25.7 Å². The molecule has 24 heavy (non-hydrogen) atoms. The average molecular weight is 333 g/mol. The zero-order valence-electron chi connectivity index (χ0n) is 13.7. The van der Waals surface area contributed by atoms with Gasteiger partial charge >= 0.3 is 0 Å². The maximum absolute atomic E-state index is 11.1. The van der Waals surface area contributed by atoms with Crippen molar-refractivity contribution in [1.82, 2.24) is 15.2 Å². The number of ether oxygens (including phenoxy) is 3. The summed E-state index contributed by atoms with van der Waals surface area (Å²) in [7, 11) is 3.11. The van der Waals surface area contributed by atoms with Gasteiger partial charge in [0.05, 0.1) is 27.0 Å². The summed E-state index contributed by atoms with van der Waals surface area (Å²) in [6, 6.07) is 3.52. The molecule has 0 bridgehead atoms. The van der Waals surface area contributed by atoms with Gasteiger partial charge in [0.15, 0.2) is 11.5 Å². The average Bonchev–Trinajstić information content (AvgIpc) is 2.59. The molecular weight excluding hydrogens is 314 g/mol. The lowest BCUT2D eigenvalue weighted by atomic mass is 10.2. The molecule has 0 atom stereocenters. The van der Waals surface area contributed by atoms with Crippen LogP contribution in [0.15, 0.2) is 28.2 Å². The second-order valence-electron chi connectivity index (χ2n) is 4.66. The lowest BCUT2D eigenvalue weighted by Crippen LogP contribution is -2.10. The summed E-state index contributed by atoms with van der Waals surface area (Å²) in [6.07, 6.45) is 3.47. The van der Waals surface area contributed by atoms with Crippen molar-refractivity contribution < 1.29 is 14.2 Å². The molecule has 2 aromatic rings. The third kappa shape index (κ3) is 4.45. The van der Waals surface area contributed by atoms with E-state index in [-0.39, 0.29) is 11.5 Å². The smallest absolute Gasteiger partial charge is 0.271 e. The summed E-state index contributed by atoms with van der Waals surface area (Å²) in [4.78, 5) is 13.6. The molecule has 0 aliphatic heterocycles. The zero-order chi connectivity index (χ0) is 17.4. The van der Waals surface area contributed by atoms with Gasteiger partial charge in [0.1, 0.15) is 6.20 Å². The SMILES string of the molecule is CCCOc1c(OC)cc(/C=N/Nc2nncc(=O)[nH]2)cc1OC. The van der Waals surface area contributed by atoms with E-state index in [4.69, 9.17) is 14.2 Å². The van der Waals surface area contributed by atoms with Crippen LogP contribution in [0.2, 0.25) is 0 Å². The summed E-state index contributed by atoms with van der Waals surface area (Å²) in [5.41, 5.74) is 2.93. The van der Waals surface area contributed by atoms with E-state index < -0.39 is 0 Å². The lowest BCUT2D eigenvalue weighted by Gasteiger charge is -2.14. The second kappa shape index (κ2) is 8.51. The number of hydrogen-bond donors (Lipinski definition) is 2. The minimum atomic E-state index is -0.372. The normalized spacial score (nSPS) is 10.6. The Morgan fingerprint density at radius 3 is 2.58 bits per heavy atom. The molecule has 1 aromatic carbocycles. The van der Waals surface area contributed by atoms with Crippen molar-refractivity contribution in [2.75, 3.05) is 26.3 Å². The second-order valence-corrected chi connectivity index (χ2v) is 4.66. The number of hydrogen-bond acceptors (Lipinski definition) is 8. The van der Waals surface area contributed by atoms with Crippen LogP contribution in [0.25, 0.3) is 0 Å².